The lowest BCUT2D eigenvalue weighted by atomic mass is 10.0. The average Bonchev–Trinajstić information content (AvgIpc) is 3.25. The fourth-order valence-corrected chi connectivity index (χ4v) is 5.93. The van der Waals surface area contributed by atoms with Gasteiger partial charge in [-0.1, -0.05) is 54.6 Å². The number of aromatic carboxylic acids is 2. The zero-order chi connectivity index (χ0) is 45.1. The minimum atomic E-state index is -1.11. The average molecular weight is 873 g/mol. The summed E-state index contributed by atoms with van der Waals surface area (Å²) < 4.78 is 0. The third-order valence-electron chi connectivity index (χ3n) is 8.61. The Kier molecular flexibility index (Phi) is 14.3. The van der Waals surface area contributed by atoms with Gasteiger partial charge in [-0.25, -0.2) is 19.6 Å². The van der Waals surface area contributed by atoms with E-state index in [1.807, 2.05) is 0 Å². The minimum Gasteiger partial charge on any atom is -0.507 e. The minimum absolute atomic E-state index is 0.0319. The van der Waals surface area contributed by atoms with E-state index in [1.165, 1.54) is 96.3 Å². The second-order valence-electron chi connectivity index (χ2n) is 12.6. The summed E-state index contributed by atoms with van der Waals surface area (Å²) in [6.45, 7) is 0. The number of phenolic OH excluding ortho intramolecular Hbond substituents is 2. The largest absolute Gasteiger partial charge is 0.507 e. The van der Waals surface area contributed by atoms with Crippen LogP contribution in [0.25, 0.3) is 22.3 Å². The molecule has 0 aromatic heterocycles. The number of hydrogen-bond acceptors (Lipinski definition) is 12. The molecule has 0 fully saturated rings. The van der Waals surface area contributed by atoms with E-state index in [2.05, 4.69) is 10.2 Å². The number of non-ortho nitro benzene ring substituents is 2. The van der Waals surface area contributed by atoms with Crippen molar-refractivity contribution in [3.63, 3.8) is 0 Å². The van der Waals surface area contributed by atoms with E-state index < -0.39 is 21.8 Å². The van der Waals surface area contributed by atoms with Crippen LogP contribution in [0.15, 0.2) is 144 Å². The van der Waals surface area contributed by atoms with Gasteiger partial charge in [0.15, 0.2) is 10.2 Å². The van der Waals surface area contributed by atoms with Gasteiger partial charge < -0.3 is 31.9 Å². The van der Waals surface area contributed by atoms with E-state index in [1.54, 1.807) is 54.6 Å². The molecule has 6 rings (SSSR count). The summed E-state index contributed by atoms with van der Waals surface area (Å²) in [5.74, 6) is -2.46. The maximum atomic E-state index is 11.2. The number of hydrogen-bond donors (Lipinski definition) is 6. The first-order valence-corrected chi connectivity index (χ1v) is 18.4. The second-order valence-corrected chi connectivity index (χ2v) is 13.4. The van der Waals surface area contributed by atoms with Crippen molar-refractivity contribution >= 4 is 81.8 Å². The van der Waals surface area contributed by atoms with Crippen LogP contribution < -0.4 is 21.5 Å². The molecule has 0 amide bonds. The van der Waals surface area contributed by atoms with Crippen LogP contribution in [0, 0.1) is 20.2 Å². The Balaban J connectivity index is 0.000000234. The molecule has 20 heteroatoms. The van der Waals surface area contributed by atoms with Gasteiger partial charge >= 0.3 is 11.9 Å². The number of carbonyl (C=O) groups is 2. The number of nitro groups is 2. The summed E-state index contributed by atoms with van der Waals surface area (Å²) in [6.07, 6.45) is 2.64. The van der Waals surface area contributed by atoms with Gasteiger partial charge in [0, 0.05) is 46.5 Å². The number of nitrogens with two attached hydrogens (primary N) is 2. The molecule has 312 valence electrons. The van der Waals surface area contributed by atoms with Crippen molar-refractivity contribution in [1.29, 1.82) is 0 Å². The van der Waals surface area contributed by atoms with E-state index in [9.17, 15) is 45.1 Å². The Morgan fingerprint density at radius 2 is 0.984 bits per heavy atom. The highest BCUT2D eigenvalue weighted by Crippen LogP contribution is 2.35. The normalized spacial score (nSPS) is 10.7. The van der Waals surface area contributed by atoms with Gasteiger partial charge in [-0.3, -0.25) is 20.2 Å². The number of nitrogens with zero attached hydrogens (tertiary/aromatic N) is 6. The van der Waals surface area contributed by atoms with E-state index >= 15 is 0 Å². The zero-order valence-corrected chi connectivity index (χ0v) is 33.4. The number of thiocarbonyl (C=S) groups is 2. The Labute approximate surface area is 361 Å². The molecule has 0 atom stereocenters. The molecule has 0 saturated heterocycles. The van der Waals surface area contributed by atoms with Crippen LogP contribution in [0.3, 0.4) is 0 Å². The quantitative estimate of drug-likeness (QED) is 0.0300. The summed E-state index contributed by atoms with van der Waals surface area (Å²) in [6, 6.07) is 33.2. The van der Waals surface area contributed by atoms with Gasteiger partial charge in [0.25, 0.3) is 11.4 Å². The molecule has 62 heavy (non-hydrogen) atoms. The van der Waals surface area contributed by atoms with Gasteiger partial charge in [0.2, 0.25) is 0 Å². The first-order valence-electron chi connectivity index (χ1n) is 17.6. The number of phenols is 2. The van der Waals surface area contributed by atoms with Crippen molar-refractivity contribution in [3.05, 3.63) is 176 Å². The van der Waals surface area contributed by atoms with Crippen molar-refractivity contribution in [2.75, 3.05) is 10.0 Å². The highest BCUT2D eigenvalue weighted by molar-refractivity contribution is 7.80. The van der Waals surface area contributed by atoms with Crippen molar-refractivity contribution in [1.82, 2.24) is 0 Å². The zero-order valence-electron chi connectivity index (χ0n) is 31.7. The number of para-hydroxylation sites is 2. The van der Waals surface area contributed by atoms with Crippen molar-refractivity contribution in [2.24, 2.45) is 21.7 Å². The summed E-state index contributed by atoms with van der Waals surface area (Å²) in [7, 11) is 0. The summed E-state index contributed by atoms with van der Waals surface area (Å²) in [4.78, 5) is 43.3. The third kappa shape index (κ3) is 10.9. The van der Waals surface area contributed by atoms with Crippen LogP contribution >= 0.6 is 24.4 Å². The number of aromatic hydroxyl groups is 2. The van der Waals surface area contributed by atoms with E-state index in [-0.39, 0.29) is 44.2 Å². The Bertz CT molecular complexity index is 2780. The number of carboxylic acid groups (broad SMARTS) is 2. The lowest BCUT2D eigenvalue weighted by molar-refractivity contribution is -0.385. The Morgan fingerprint density at radius 1 is 0.565 bits per heavy atom. The number of nitro benzene ring substituents is 2. The molecule has 8 N–H and O–H groups in total. The molecule has 0 aliphatic rings. The molecule has 0 heterocycles. The molecular weight excluding hydrogens is 841 g/mol. The molecule has 0 aliphatic heterocycles. The summed E-state index contributed by atoms with van der Waals surface area (Å²) >= 11 is 10.0. The van der Waals surface area contributed by atoms with Crippen LogP contribution in [0.2, 0.25) is 0 Å². The topological polar surface area (TPSA) is 285 Å². The van der Waals surface area contributed by atoms with Crippen LogP contribution in [0.4, 0.5) is 22.7 Å². The molecule has 0 aliphatic carbocycles. The van der Waals surface area contributed by atoms with Crippen molar-refractivity contribution in [2.45, 2.75) is 0 Å². The Hall–Kier alpha value is -8.62. The first kappa shape index (κ1) is 44.5. The molecule has 0 saturated carbocycles. The lowest BCUT2D eigenvalue weighted by Crippen LogP contribution is -2.31. The molecular formula is C42H32N8O10S2. The number of hydrazone groups is 2. The standard InChI is InChI=1S/2C21H16N4O5S/c22-21(31)24(16-7-2-5-14(11-16)20(27)28)23-12-15-6-3-9-18(19(15)26)13-4-1-8-17(10-13)25(29)30;22-21(31)24(16-9-7-13(8-10-16)20(27)28)23-12-15-4-2-6-18(19(15)26)14-3-1-5-17(11-14)25(29)30/h2*1-12,26H,(H2,22,31)(H,27,28). The lowest BCUT2D eigenvalue weighted by Gasteiger charge is -2.17. The van der Waals surface area contributed by atoms with Crippen molar-refractivity contribution in [3.8, 4) is 33.8 Å². The van der Waals surface area contributed by atoms with Gasteiger partial charge in [0.1, 0.15) is 11.5 Å². The molecule has 6 aromatic rings. The van der Waals surface area contributed by atoms with E-state index in [0.717, 1.165) is 5.01 Å². The van der Waals surface area contributed by atoms with Gasteiger partial charge in [0.05, 0.1) is 44.8 Å². The number of carboxylic acids is 2. The van der Waals surface area contributed by atoms with Crippen LogP contribution in [-0.2, 0) is 0 Å². The third-order valence-corrected chi connectivity index (χ3v) is 8.95. The van der Waals surface area contributed by atoms with E-state index in [0.29, 0.717) is 44.8 Å². The smallest absolute Gasteiger partial charge is 0.335 e. The summed E-state index contributed by atoms with van der Waals surface area (Å²) in [5.41, 5.74) is 14.5. The SMILES string of the molecule is NC(=S)N(N=Cc1cccc(-c2cccc([N+](=O)[O-])c2)c1O)c1ccc(C(=O)O)cc1.NC(=S)N(N=Cc1cccc(-c2cccc([N+](=O)[O-])c2)c1O)c1cccc(C(=O)O)c1. The maximum Gasteiger partial charge on any atom is 0.335 e. The van der Waals surface area contributed by atoms with Gasteiger partial charge in [-0.05, 0) is 90.2 Å². The molecule has 0 radical (unpaired) electrons. The first-order chi connectivity index (χ1) is 29.5. The number of anilines is 2. The molecule has 6 aromatic carbocycles. The van der Waals surface area contributed by atoms with Gasteiger partial charge in [-0.15, -0.1) is 0 Å². The van der Waals surface area contributed by atoms with E-state index in [4.69, 9.17) is 41.0 Å². The molecule has 0 bridgehead atoms. The maximum absolute atomic E-state index is 11.2. The highest BCUT2D eigenvalue weighted by Gasteiger charge is 2.16. The summed E-state index contributed by atoms with van der Waals surface area (Å²) in [5, 5.41) is 72.2. The predicted molar refractivity (Wildman–Crippen MR) is 241 cm³/mol. The van der Waals surface area contributed by atoms with Crippen LogP contribution in [-0.4, -0.2) is 64.9 Å². The predicted octanol–water partition coefficient (Wildman–Crippen LogP) is 7.50. The molecule has 18 nitrogen and oxygen atoms in total. The molecule has 0 unspecified atom stereocenters. The van der Waals surface area contributed by atoms with Crippen LogP contribution in [0.5, 0.6) is 11.5 Å². The van der Waals surface area contributed by atoms with Crippen molar-refractivity contribution < 1.29 is 39.9 Å². The fourth-order valence-electron chi connectivity index (χ4n) is 5.63. The number of rotatable bonds is 12. The number of benzene rings is 6. The van der Waals surface area contributed by atoms with Crippen LogP contribution in [0.1, 0.15) is 31.8 Å². The van der Waals surface area contributed by atoms with Gasteiger partial charge in [-0.2, -0.15) is 10.2 Å². The Morgan fingerprint density at radius 3 is 1.40 bits per heavy atom. The highest BCUT2D eigenvalue weighted by atomic mass is 32.1. The monoisotopic (exact) mass is 872 g/mol. The molecule has 0 spiro atoms. The second kappa shape index (κ2) is 19.9. The fraction of sp³-hybridized carbons (Fsp3) is 0.